The standard InChI is InChI=1S/C8H12F3N/c9-8(10,11)7-4-2-1-3-6(7)5-12/h1-2,6-7H,3-5,12H2/t6-,7+/m0/s1. The molecule has 12 heavy (non-hydrogen) atoms. The molecule has 0 unspecified atom stereocenters. The lowest BCUT2D eigenvalue weighted by molar-refractivity contribution is -0.188. The van der Waals surface area contributed by atoms with Crippen molar-refractivity contribution in [1.82, 2.24) is 0 Å². The highest BCUT2D eigenvalue weighted by molar-refractivity contribution is 4.96. The third-order valence-electron chi connectivity index (χ3n) is 2.29. The fraction of sp³-hybridized carbons (Fsp3) is 0.750. The molecule has 0 spiro atoms. The molecule has 70 valence electrons. The summed E-state index contributed by atoms with van der Waals surface area (Å²) < 4.78 is 36.9. The van der Waals surface area contributed by atoms with Crippen LogP contribution in [0.4, 0.5) is 13.2 Å². The maximum Gasteiger partial charge on any atom is 0.392 e. The average molecular weight is 179 g/mol. The minimum Gasteiger partial charge on any atom is -0.330 e. The summed E-state index contributed by atoms with van der Waals surface area (Å²) >= 11 is 0. The zero-order valence-electron chi connectivity index (χ0n) is 6.64. The van der Waals surface area contributed by atoms with Crippen molar-refractivity contribution in [3.63, 3.8) is 0 Å². The Morgan fingerprint density at radius 2 is 1.83 bits per heavy atom. The maximum atomic E-state index is 12.3. The summed E-state index contributed by atoms with van der Waals surface area (Å²) in [6, 6.07) is 0. The lowest BCUT2D eigenvalue weighted by atomic mass is 9.83. The number of hydrogen-bond donors (Lipinski definition) is 1. The van der Waals surface area contributed by atoms with E-state index in [0.29, 0.717) is 6.42 Å². The van der Waals surface area contributed by atoms with Crippen LogP contribution in [-0.4, -0.2) is 12.7 Å². The Bertz CT molecular complexity index is 174. The van der Waals surface area contributed by atoms with Gasteiger partial charge in [-0.1, -0.05) is 12.2 Å². The molecule has 0 bridgehead atoms. The first-order valence-electron chi connectivity index (χ1n) is 3.97. The Labute approximate surface area is 69.4 Å². The fourth-order valence-electron chi connectivity index (χ4n) is 1.53. The molecule has 1 aliphatic carbocycles. The van der Waals surface area contributed by atoms with Crippen LogP contribution in [0.1, 0.15) is 12.8 Å². The van der Waals surface area contributed by atoms with E-state index in [1.807, 2.05) is 0 Å². The molecule has 1 aliphatic rings. The van der Waals surface area contributed by atoms with Crippen molar-refractivity contribution in [2.24, 2.45) is 17.6 Å². The van der Waals surface area contributed by atoms with Crippen LogP contribution in [0.15, 0.2) is 12.2 Å². The average Bonchev–Trinajstić information content (AvgIpc) is 2.03. The van der Waals surface area contributed by atoms with E-state index in [9.17, 15) is 13.2 Å². The van der Waals surface area contributed by atoms with Crippen LogP contribution in [0, 0.1) is 11.8 Å². The molecule has 0 saturated heterocycles. The second-order valence-electron chi connectivity index (χ2n) is 3.09. The number of allylic oxidation sites excluding steroid dienone is 2. The first kappa shape index (κ1) is 9.58. The highest BCUT2D eigenvalue weighted by Crippen LogP contribution is 2.38. The van der Waals surface area contributed by atoms with Crippen LogP contribution < -0.4 is 5.73 Å². The van der Waals surface area contributed by atoms with Crippen molar-refractivity contribution in [2.45, 2.75) is 19.0 Å². The number of halogens is 3. The predicted octanol–water partition coefficient (Wildman–Crippen LogP) is 2.09. The largest absolute Gasteiger partial charge is 0.392 e. The summed E-state index contributed by atoms with van der Waals surface area (Å²) in [6.07, 6.45) is -0.176. The maximum absolute atomic E-state index is 12.3. The predicted molar refractivity (Wildman–Crippen MR) is 40.5 cm³/mol. The van der Waals surface area contributed by atoms with Gasteiger partial charge < -0.3 is 5.73 Å². The van der Waals surface area contributed by atoms with E-state index >= 15 is 0 Å². The molecule has 4 heteroatoms. The molecule has 0 radical (unpaired) electrons. The molecule has 1 rings (SSSR count). The zero-order valence-corrected chi connectivity index (χ0v) is 6.64. The van der Waals surface area contributed by atoms with E-state index in [1.54, 1.807) is 12.2 Å². The number of rotatable bonds is 1. The van der Waals surface area contributed by atoms with Crippen LogP contribution in [-0.2, 0) is 0 Å². The SMILES string of the molecule is NC[C@@H]1CC=CC[C@H]1C(F)(F)F. The van der Waals surface area contributed by atoms with Crippen LogP contribution >= 0.6 is 0 Å². The molecule has 0 aromatic rings. The summed E-state index contributed by atoms with van der Waals surface area (Å²) in [4.78, 5) is 0. The third kappa shape index (κ3) is 2.00. The molecule has 2 atom stereocenters. The smallest absolute Gasteiger partial charge is 0.330 e. The molecule has 0 aromatic heterocycles. The molecule has 0 fully saturated rings. The molecule has 0 aliphatic heterocycles. The van der Waals surface area contributed by atoms with E-state index in [-0.39, 0.29) is 13.0 Å². The molecular weight excluding hydrogens is 167 g/mol. The molecule has 0 aromatic carbocycles. The highest BCUT2D eigenvalue weighted by Gasteiger charge is 2.43. The first-order valence-corrected chi connectivity index (χ1v) is 3.97. The first-order chi connectivity index (χ1) is 5.55. The monoisotopic (exact) mass is 179 g/mol. The Hall–Kier alpha value is -0.510. The molecule has 0 amide bonds. The van der Waals surface area contributed by atoms with Gasteiger partial charge in [0.05, 0.1) is 5.92 Å². The number of alkyl halides is 3. The lowest BCUT2D eigenvalue weighted by Gasteiger charge is -2.29. The van der Waals surface area contributed by atoms with Crippen LogP contribution in [0.2, 0.25) is 0 Å². The van der Waals surface area contributed by atoms with E-state index in [1.165, 1.54) is 0 Å². The van der Waals surface area contributed by atoms with Crippen molar-refractivity contribution < 1.29 is 13.2 Å². The van der Waals surface area contributed by atoms with Crippen LogP contribution in [0.5, 0.6) is 0 Å². The molecule has 0 heterocycles. The minimum atomic E-state index is -4.09. The van der Waals surface area contributed by atoms with Crippen molar-refractivity contribution in [3.05, 3.63) is 12.2 Å². The topological polar surface area (TPSA) is 26.0 Å². The van der Waals surface area contributed by atoms with Gasteiger partial charge in [0.25, 0.3) is 0 Å². The van der Waals surface area contributed by atoms with Gasteiger partial charge in [0, 0.05) is 0 Å². The third-order valence-corrected chi connectivity index (χ3v) is 2.29. The zero-order chi connectivity index (χ0) is 9.19. The van der Waals surface area contributed by atoms with Gasteiger partial charge in [0.15, 0.2) is 0 Å². The van der Waals surface area contributed by atoms with Gasteiger partial charge in [-0.15, -0.1) is 0 Å². The summed E-state index contributed by atoms with van der Waals surface area (Å²) in [5.41, 5.74) is 5.26. The van der Waals surface area contributed by atoms with Gasteiger partial charge in [0.2, 0.25) is 0 Å². The molecular formula is C8H12F3N. The number of nitrogens with two attached hydrogens (primary N) is 1. The lowest BCUT2D eigenvalue weighted by Crippen LogP contribution is -2.35. The van der Waals surface area contributed by atoms with Crippen molar-refractivity contribution in [2.75, 3.05) is 6.54 Å². The normalized spacial score (nSPS) is 30.7. The van der Waals surface area contributed by atoms with Gasteiger partial charge in [-0.25, -0.2) is 0 Å². The van der Waals surface area contributed by atoms with Gasteiger partial charge >= 0.3 is 6.18 Å². The summed E-state index contributed by atoms with van der Waals surface area (Å²) in [6.45, 7) is 0.120. The fourth-order valence-corrected chi connectivity index (χ4v) is 1.53. The van der Waals surface area contributed by atoms with Gasteiger partial charge in [-0.3, -0.25) is 0 Å². The quantitative estimate of drug-likeness (QED) is 0.613. The van der Waals surface area contributed by atoms with E-state index in [2.05, 4.69) is 0 Å². The van der Waals surface area contributed by atoms with Crippen molar-refractivity contribution in [3.8, 4) is 0 Å². The van der Waals surface area contributed by atoms with Gasteiger partial charge in [-0.2, -0.15) is 13.2 Å². The number of hydrogen-bond acceptors (Lipinski definition) is 1. The second kappa shape index (κ2) is 3.47. The summed E-state index contributed by atoms with van der Waals surface area (Å²) in [5, 5.41) is 0. The Morgan fingerprint density at radius 3 is 2.25 bits per heavy atom. The molecule has 1 nitrogen and oxygen atoms in total. The van der Waals surface area contributed by atoms with E-state index < -0.39 is 18.0 Å². The van der Waals surface area contributed by atoms with Crippen molar-refractivity contribution >= 4 is 0 Å². The van der Waals surface area contributed by atoms with E-state index in [4.69, 9.17) is 5.73 Å². The van der Waals surface area contributed by atoms with Gasteiger partial charge in [0.1, 0.15) is 0 Å². The highest BCUT2D eigenvalue weighted by atomic mass is 19.4. The van der Waals surface area contributed by atoms with Gasteiger partial charge in [-0.05, 0) is 25.3 Å². The van der Waals surface area contributed by atoms with Crippen LogP contribution in [0.3, 0.4) is 0 Å². The Balaban J connectivity index is 2.67. The van der Waals surface area contributed by atoms with Crippen molar-refractivity contribution in [1.29, 1.82) is 0 Å². The summed E-state index contributed by atoms with van der Waals surface area (Å²) in [5.74, 6) is -1.65. The Morgan fingerprint density at radius 1 is 1.25 bits per heavy atom. The van der Waals surface area contributed by atoms with E-state index in [0.717, 1.165) is 0 Å². The second-order valence-corrected chi connectivity index (χ2v) is 3.09. The Kier molecular flexibility index (Phi) is 2.77. The summed E-state index contributed by atoms with van der Waals surface area (Å²) in [7, 11) is 0. The van der Waals surface area contributed by atoms with Crippen LogP contribution in [0.25, 0.3) is 0 Å². The minimum absolute atomic E-state index is 0.0887. The molecule has 0 saturated carbocycles. The molecule has 2 N–H and O–H groups in total.